The highest BCUT2D eigenvalue weighted by molar-refractivity contribution is 9.10. The maximum absolute atomic E-state index is 13.7. The van der Waals surface area contributed by atoms with E-state index in [2.05, 4.69) is 28.1 Å². The molecule has 0 radical (unpaired) electrons. The number of nitrogens with one attached hydrogen (secondary N) is 1. The van der Waals surface area contributed by atoms with E-state index in [1.54, 1.807) is 12.1 Å². The Morgan fingerprint density at radius 1 is 1.15 bits per heavy atom. The molecule has 0 bridgehead atoms. The molecule has 0 spiro atoms. The number of benzene rings is 2. The first-order valence-electron chi connectivity index (χ1n) is 8.44. The van der Waals surface area contributed by atoms with Gasteiger partial charge in [-0.2, -0.15) is 10.5 Å². The largest absolute Gasteiger partial charge is 0.294 e. The normalized spacial score (nSPS) is 27.9. The average molecular weight is 409 g/mol. The zero-order chi connectivity index (χ0) is 18.5. The minimum absolute atomic E-state index is 0.110. The lowest BCUT2D eigenvalue weighted by atomic mass is 9.71. The van der Waals surface area contributed by atoms with Gasteiger partial charge in [-0.1, -0.05) is 37.3 Å². The molecule has 0 aromatic heterocycles. The van der Waals surface area contributed by atoms with Crippen molar-refractivity contribution < 1.29 is 9.29 Å². The Bertz CT molecular complexity index is 987. The summed E-state index contributed by atoms with van der Waals surface area (Å²) in [6, 6.07) is 17.2. The molecule has 5 heteroatoms. The second-order valence-corrected chi connectivity index (χ2v) is 7.78. The molecule has 2 heterocycles. The van der Waals surface area contributed by atoms with Gasteiger partial charge in [0.2, 0.25) is 5.41 Å². The predicted octanol–water partition coefficient (Wildman–Crippen LogP) is 3.92. The number of hydrogen-bond acceptors (Lipinski definition) is 2. The Labute approximate surface area is 160 Å². The van der Waals surface area contributed by atoms with Gasteiger partial charge >= 0.3 is 0 Å². The van der Waals surface area contributed by atoms with Crippen molar-refractivity contribution in [2.75, 3.05) is 0 Å². The topological polar surface area (TPSA) is 52.0 Å². The Hall–Kier alpha value is -2.47. The molecule has 2 aromatic carbocycles. The standard InChI is InChI=1S/C21H15BrFN3/c1-13-19(15-6-7-18(23)17(22)10-15)26-9-8-14-4-2-3-5-16(14)20(26)21(13,11-24)12-25/h2-10,13,19-20H,1H3/p+1/t13-,19+,20-/m0/s1. The first-order chi connectivity index (χ1) is 12.5. The highest BCUT2D eigenvalue weighted by Gasteiger charge is 2.64. The van der Waals surface area contributed by atoms with Crippen molar-refractivity contribution in [3.8, 4) is 12.1 Å². The summed E-state index contributed by atoms with van der Waals surface area (Å²) in [6.45, 7) is 1.95. The van der Waals surface area contributed by atoms with Crippen molar-refractivity contribution in [1.82, 2.24) is 0 Å². The fourth-order valence-corrected chi connectivity index (χ4v) is 4.93. The number of quaternary nitrogens is 1. The van der Waals surface area contributed by atoms with E-state index in [1.165, 1.54) is 6.07 Å². The molecule has 0 saturated carbocycles. The van der Waals surface area contributed by atoms with Crippen molar-refractivity contribution in [3.05, 3.63) is 75.6 Å². The maximum Gasteiger partial charge on any atom is 0.208 e. The van der Waals surface area contributed by atoms with Gasteiger partial charge in [-0.15, -0.1) is 0 Å². The van der Waals surface area contributed by atoms with Gasteiger partial charge in [0, 0.05) is 11.1 Å². The number of nitrogens with zero attached hydrogens (tertiary/aromatic N) is 2. The minimum Gasteiger partial charge on any atom is -0.294 e. The van der Waals surface area contributed by atoms with Crippen LogP contribution in [-0.2, 0) is 0 Å². The van der Waals surface area contributed by atoms with Crippen LogP contribution < -0.4 is 4.90 Å². The Kier molecular flexibility index (Phi) is 3.95. The Balaban J connectivity index is 1.93. The van der Waals surface area contributed by atoms with E-state index in [0.29, 0.717) is 4.47 Å². The molecular weight excluding hydrogens is 393 g/mol. The van der Waals surface area contributed by atoms with Gasteiger partial charge in [0.15, 0.2) is 6.04 Å². The lowest BCUT2D eigenvalue weighted by Crippen LogP contribution is -3.07. The molecule has 3 nitrogen and oxygen atoms in total. The quantitative estimate of drug-likeness (QED) is 0.776. The molecule has 26 heavy (non-hydrogen) atoms. The molecular formula is C21H16BrFN3+. The lowest BCUT2D eigenvalue weighted by molar-refractivity contribution is -0.902. The van der Waals surface area contributed by atoms with Crippen LogP contribution in [0.15, 0.2) is 53.1 Å². The van der Waals surface area contributed by atoms with Crippen LogP contribution in [0, 0.1) is 39.8 Å². The fraction of sp³-hybridized carbons (Fsp3) is 0.238. The zero-order valence-electron chi connectivity index (χ0n) is 14.1. The van der Waals surface area contributed by atoms with Gasteiger partial charge in [-0.25, -0.2) is 4.39 Å². The summed E-state index contributed by atoms with van der Waals surface area (Å²) < 4.78 is 14.1. The minimum atomic E-state index is -1.15. The van der Waals surface area contributed by atoms with E-state index >= 15 is 0 Å². The van der Waals surface area contributed by atoms with E-state index in [1.807, 2.05) is 43.5 Å². The molecule has 2 aromatic rings. The van der Waals surface area contributed by atoms with E-state index in [9.17, 15) is 14.9 Å². The smallest absolute Gasteiger partial charge is 0.208 e. The molecule has 1 saturated heterocycles. The summed E-state index contributed by atoms with van der Waals surface area (Å²) in [5.74, 6) is -0.539. The van der Waals surface area contributed by atoms with Gasteiger partial charge in [0.1, 0.15) is 11.9 Å². The number of hydrogen-bond donors (Lipinski definition) is 1. The van der Waals surface area contributed by atoms with Gasteiger partial charge < -0.3 is 0 Å². The van der Waals surface area contributed by atoms with Crippen LogP contribution in [0.1, 0.15) is 35.7 Å². The van der Waals surface area contributed by atoms with Crippen molar-refractivity contribution in [2.45, 2.75) is 19.0 Å². The molecule has 4 rings (SSSR count). The van der Waals surface area contributed by atoms with Gasteiger partial charge in [0.05, 0.1) is 28.7 Å². The maximum atomic E-state index is 13.7. The molecule has 0 aliphatic carbocycles. The highest BCUT2D eigenvalue weighted by Crippen LogP contribution is 2.50. The first kappa shape index (κ1) is 17.0. The van der Waals surface area contributed by atoms with E-state index in [0.717, 1.165) is 21.6 Å². The third kappa shape index (κ3) is 2.18. The fourth-order valence-electron chi connectivity index (χ4n) is 4.54. The SMILES string of the molecule is C[C@H]1[C@H](c2ccc(F)c(Br)c2)[NH+]2C=Cc3ccccc3[C@H]2C1(C#N)C#N. The van der Waals surface area contributed by atoms with E-state index in [-0.39, 0.29) is 23.8 Å². The van der Waals surface area contributed by atoms with Crippen LogP contribution in [-0.4, -0.2) is 0 Å². The van der Waals surface area contributed by atoms with Crippen LogP contribution >= 0.6 is 15.9 Å². The van der Waals surface area contributed by atoms with Crippen LogP contribution in [0.25, 0.3) is 6.08 Å². The lowest BCUT2D eigenvalue weighted by Gasteiger charge is -2.30. The summed E-state index contributed by atoms with van der Waals surface area (Å²) in [4.78, 5) is 1.05. The van der Waals surface area contributed by atoms with Gasteiger partial charge in [-0.3, -0.25) is 4.90 Å². The monoisotopic (exact) mass is 408 g/mol. The Morgan fingerprint density at radius 2 is 1.88 bits per heavy atom. The van der Waals surface area contributed by atoms with Crippen molar-refractivity contribution in [2.24, 2.45) is 11.3 Å². The average Bonchev–Trinajstić information content (AvgIpc) is 2.92. The summed E-state index contributed by atoms with van der Waals surface area (Å²) >= 11 is 3.26. The molecule has 2 aliphatic rings. The molecule has 1 N–H and O–H groups in total. The van der Waals surface area contributed by atoms with Crippen LogP contribution in [0.5, 0.6) is 0 Å². The molecule has 2 aliphatic heterocycles. The number of halogens is 2. The summed E-state index contributed by atoms with van der Waals surface area (Å²) in [7, 11) is 0. The number of rotatable bonds is 1. The molecule has 1 unspecified atom stereocenters. The van der Waals surface area contributed by atoms with Gasteiger partial charge in [0.25, 0.3) is 0 Å². The summed E-state index contributed by atoms with van der Waals surface area (Å²) in [5.41, 5.74) is 1.83. The van der Waals surface area contributed by atoms with Gasteiger partial charge in [-0.05, 0) is 39.7 Å². The third-order valence-electron chi connectivity index (χ3n) is 5.80. The Morgan fingerprint density at radius 3 is 2.58 bits per heavy atom. The summed E-state index contributed by atoms with van der Waals surface area (Å²) in [5, 5.41) is 20.1. The number of fused-ring (bicyclic) bond motifs is 3. The third-order valence-corrected chi connectivity index (χ3v) is 6.41. The van der Waals surface area contributed by atoms with Crippen molar-refractivity contribution in [1.29, 1.82) is 10.5 Å². The van der Waals surface area contributed by atoms with Crippen molar-refractivity contribution >= 4 is 22.0 Å². The molecule has 1 fully saturated rings. The van der Waals surface area contributed by atoms with E-state index in [4.69, 9.17) is 0 Å². The zero-order valence-corrected chi connectivity index (χ0v) is 15.7. The second kappa shape index (κ2) is 6.06. The summed E-state index contributed by atoms with van der Waals surface area (Å²) in [6.07, 6.45) is 4.09. The second-order valence-electron chi connectivity index (χ2n) is 6.93. The first-order valence-corrected chi connectivity index (χ1v) is 9.24. The molecule has 4 atom stereocenters. The van der Waals surface area contributed by atoms with E-state index < -0.39 is 5.41 Å². The van der Waals surface area contributed by atoms with Crippen LogP contribution in [0.4, 0.5) is 4.39 Å². The molecule has 0 amide bonds. The van der Waals surface area contributed by atoms with Crippen molar-refractivity contribution in [3.63, 3.8) is 0 Å². The van der Waals surface area contributed by atoms with Crippen LogP contribution in [0.3, 0.4) is 0 Å². The predicted molar refractivity (Wildman–Crippen MR) is 98.8 cm³/mol. The molecule has 128 valence electrons. The van der Waals surface area contributed by atoms with Crippen LogP contribution in [0.2, 0.25) is 0 Å². The number of nitriles is 2. The highest BCUT2D eigenvalue weighted by atomic mass is 79.9.